The number of nitrogens with one attached hydrogen (secondary N) is 2. The van der Waals surface area contributed by atoms with Gasteiger partial charge in [-0.2, -0.15) is 0 Å². The Kier molecular flexibility index (Phi) is 8.44. The lowest BCUT2D eigenvalue weighted by Gasteiger charge is -2.10. The standard InChI is InChI=1S/C20H26N2O6S/c1-26-12-4-11-21-29(24,25)17-8-6-16(7-9-17)22-20(23)14-15-5-10-18(27-2)19(13-15)28-3/h5-10,13,21H,4,11-12,14H2,1-3H3,(H,22,23). The zero-order valence-corrected chi connectivity index (χ0v) is 17.5. The fourth-order valence-corrected chi connectivity index (χ4v) is 3.68. The molecule has 0 atom stereocenters. The molecular weight excluding hydrogens is 396 g/mol. The average Bonchev–Trinajstić information content (AvgIpc) is 2.71. The number of ether oxygens (including phenoxy) is 3. The van der Waals surface area contributed by atoms with E-state index in [0.29, 0.717) is 36.8 Å². The number of sulfonamides is 1. The van der Waals surface area contributed by atoms with Crippen molar-refractivity contribution < 1.29 is 27.4 Å². The molecule has 158 valence electrons. The first kappa shape index (κ1) is 22.7. The lowest BCUT2D eigenvalue weighted by Crippen LogP contribution is -2.25. The van der Waals surface area contributed by atoms with Crippen molar-refractivity contribution in [2.45, 2.75) is 17.7 Å². The van der Waals surface area contributed by atoms with Gasteiger partial charge in [-0.1, -0.05) is 6.07 Å². The van der Waals surface area contributed by atoms with E-state index in [4.69, 9.17) is 14.2 Å². The number of anilines is 1. The molecule has 0 heterocycles. The largest absolute Gasteiger partial charge is 0.493 e. The summed E-state index contributed by atoms with van der Waals surface area (Å²) in [6.45, 7) is 0.771. The van der Waals surface area contributed by atoms with Gasteiger partial charge >= 0.3 is 0 Å². The molecule has 0 aliphatic carbocycles. The van der Waals surface area contributed by atoms with Crippen molar-refractivity contribution in [2.24, 2.45) is 0 Å². The minimum Gasteiger partial charge on any atom is -0.493 e. The highest BCUT2D eigenvalue weighted by Crippen LogP contribution is 2.27. The van der Waals surface area contributed by atoms with Crippen LogP contribution in [0.1, 0.15) is 12.0 Å². The van der Waals surface area contributed by atoms with Gasteiger partial charge in [0.15, 0.2) is 11.5 Å². The average molecular weight is 423 g/mol. The molecule has 1 amide bonds. The normalized spacial score (nSPS) is 11.1. The third kappa shape index (κ3) is 6.74. The van der Waals surface area contributed by atoms with E-state index < -0.39 is 10.0 Å². The predicted molar refractivity (Wildman–Crippen MR) is 110 cm³/mol. The van der Waals surface area contributed by atoms with Gasteiger partial charge in [0, 0.05) is 25.9 Å². The molecule has 0 bridgehead atoms. The summed E-state index contributed by atoms with van der Waals surface area (Å²) in [5, 5.41) is 2.75. The van der Waals surface area contributed by atoms with Gasteiger partial charge < -0.3 is 19.5 Å². The second kappa shape index (κ2) is 10.8. The highest BCUT2D eigenvalue weighted by molar-refractivity contribution is 7.89. The third-order valence-corrected chi connectivity index (χ3v) is 5.56. The summed E-state index contributed by atoms with van der Waals surface area (Å²) in [5.74, 6) is 0.903. The van der Waals surface area contributed by atoms with Crippen LogP contribution in [0.25, 0.3) is 0 Å². The summed E-state index contributed by atoms with van der Waals surface area (Å²) >= 11 is 0. The fraction of sp³-hybridized carbons (Fsp3) is 0.350. The van der Waals surface area contributed by atoms with Crippen molar-refractivity contribution in [1.82, 2.24) is 4.72 Å². The van der Waals surface area contributed by atoms with E-state index in [1.807, 2.05) is 0 Å². The van der Waals surface area contributed by atoms with Gasteiger partial charge in [0.05, 0.1) is 25.5 Å². The molecule has 2 N–H and O–H groups in total. The minimum atomic E-state index is -3.59. The van der Waals surface area contributed by atoms with Crippen LogP contribution in [0.2, 0.25) is 0 Å². The number of methoxy groups -OCH3 is 3. The molecular formula is C20H26N2O6S. The van der Waals surface area contributed by atoms with Gasteiger partial charge in [-0.25, -0.2) is 13.1 Å². The number of amides is 1. The van der Waals surface area contributed by atoms with Gasteiger partial charge in [-0.05, 0) is 48.4 Å². The molecule has 0 radical (unpaired) electrons. The Morgan fingerprint density at radius 1 is 0.966 bits per heavy atom. The number of rotatable bonds is 11. The molecule has 0 fully saturated rings. The van der Waals surface area contributed by atoms with Crippen LogP contribution in [0.3, 0.4) is 0 Å². The summed E-state index contributed by atoms with van der Waals surface area (Å²) in [6.07, 6.45) is 0.724. The van der Waals surface area contributed by atoms with E-state index in [0.717, 1.165) is 5.56 Å². The van der Waals surface area contributed by atoms with E-state index in [1.54, 1.807) is 44.6 Å². The molecule has 29 heavy (non-hydrogen) atoms. The van der Waals surface area contributed by atoms with Gasteiger partial charge in [0.1, 0.15) is 0 Å². The summed E-state index contributed by atoms with van der Waals surface area (Å²) in [4.78, 5) is 12.4. The maximum Gasteiger partial charge on any atom is 0.240 e. The molecule has 2 aromatic rings. The molecule has 0 aliphatic rings. The molecule has 0 saturated carbocycles. The van der Waals surface area contributed by atoms with E-state index in [2.05, 4.69) is 10.0 Å². The molecule has 0 unspecified atom stereocenters. The van der Waals surface area contributed by atoms with Crippen molar-refractivity contribution in [1.29, 1.82) is 0 Å². The van der Waals surface area contributed by atoms with Crippen molar-refractivity contribution in [3.8, 4) is 11.5 Å². The highest BCUT2D eigenvalue weighted by Gasteiger charge is 2.14. The first-order valence-corrected chi connectivity index (χ1v) is 10.5. The number of benzene rings is 2. The Morgan fingerprint density at radius 3 is 2.28 bits per heavy atom. The van der Waals surface area contributed by atoms with Crippen LogP contribution in [-0.4, -0.2) is 48.8 Å². The maximum atomic E-state index is 12.3. The monoisotopic (exact) mass is 422 g/mol. The van der Waals surface area contributed by atoms with Crippen LogP contribution < -0.4 is 19.5 Å². The second-order valence-electron chi connectivity index (χ2n) is 6.18. The lowest BCUT2D eigenvalue weighted by molar-refractivity contribution is -0.115. The summed E-state index contributed by atoms with van der Waals surface area (Å²) < 4.78 is 42.3. The summed E-state index contributed by atoms with van der Waals surface area (Å²) in [5.41, 5.74) is 1.27. The van der Waals surface area contributed by atoms with Crippen molar-refractivity contribution >= 4 is 21.6 Å². The van der Waals surface area contributed by atoms with Crippen LogP contribution in [0, 0.1) is 0 Å². The Labute approximate surface area is 171 Å². The Balaban J connectivity index is 1.96. The van der Waals surface area contributed by atoms with E-state index >= 15 is 0 Å². The van der Waals surface area contributed by atoms with Crippen LogP contribution >= 0.6 is 0 Å². The SMILES string of the molecule is COCCCNS(=O)(=O)c1ccc(NC(=O)Cc2ccc(OC)c(OC)c2)cc1. The minimum absolute atomic E-state index is 0.132. The lowest BCUT2D eigenvalue weighted by atomic mass is 10.1. The number of hydrogen-bond donors (Lipinski definition) is 2. The topological polar surface area (TPSA) is 103 Å². The number of carbonyl (C=O) groups is 1. The van der Waals surface area contributed by atoms with Crippen LogP contribution in [0.15, 0.2) is 47.4 Å². The maximum absolute atomic E-state index is 12.3. The second-order valence-corrected chi connectivity index (χ2v) is 7.95. The van der Waals surface area contributed by atoms with Crippen molar-refractivity contribution in [3.05, 3.63) is 48.0 Å². The fourth-order valence-electron chi connectivity index (χ4n) is 2.60. The van der Waals surface area contributed by atoms with Gasteiger partial charge in [-0.3, -0.25) is 4.79 Å². The zero-order chi connectivity index (χ0) is 21.3. The molecule has 0 spiro atoms. The molecule has 0 saturated heterocycles. The van der Waals surface area contributed by atoms with E-state index in [-0.39, 0.29) is 17.2 Å². The molecule has 0 aromatic heterocycles. The summed E-state index contributed by atoms with van der Waals surface area (Å²) in [7, 11) is 1.05. The van der Waals surface area contributed by atoms with Crippen LogP contribution in [-0.2, 0) is 26.0 Å². The van der Waals surface area contributed by atoms with Crippen LogP contribution in [0.4, 0.5) is 5.69 Å². The highest BCUT2D eigenvalue weighted by atomic mass is 32.2. The molecule has 8 nitrogen and oxygen atoms in total. The number of carbonyl (C=O) groups excluding carboxylic acids is 1. The van der Waals surface area contributed by atoms with E-state index in [1.165, 1.54) is 19.2 Å². The molecule has 0 aliphatic heterocycles. The predicted octanol–water partition coefficient (Wildman–Crippen LogP) is 2.20. The Hall–Kier alpha value is -2.62. The Bertz CT molecular complexity index is 913. The van der Waals surface area contributed by atoms with E-state index in [9.17, 15) is 13.2 Å². The van der Waals surface area contributed by atoms with Crippen molar-refractivity contribution in [3.63, 3.8) is 0 Å². The molecule has 2 rings (SSSR count). The molecule has 2 aromatic carbocycles. The zero-order valence-electron chi connectivity index (χ0n) is 16.7. The first-order valence-electron chi connectivity index (χ1n) is 8.99. The smallest absolute Gasteiger partial charge is 0.240 e. The van der Waals surface area contributed by atoms with Gasteiger partial charge in [-0.15, -0.1) is 0 Å². The Morgan fingerprint density at radius 2 is 1.66 bits per heavy atom. The van der Waals surface area contributed by atoms with Crippen LogP contribution in [0.5, 0.6) is 11.5 Å². The first-order chi connectivity index (χ1) is 13.9. The van der Waals surface area contributed by atoms with Gasteiger partial charge in [0.25, 0.3) is 0 Å². The van der Waals surface area contributed by atoms with Crippen molar-refractivity contribution in [2.75, 3.05) is 39.8 Å². The molecule has 9 heteroatoms. The quantitative estimate of drug-likeness (QED) is 0.538. The third-order valence-electron chi connectivity index (χ3n) is 4.08. The summed E-state index contributed by atoms with van der Waals surface area (Å²) in [6, 6.07) is 11.3. The number of hydrogen-bond acceptors (Lipinski definition) is 6. The van der Waals surface area contributed by atoms with Gasteiger partial charge in [0.2, 0.25) is 15.9 Å².